The van der Waals surface area contributed by atoms with Crippen LogP contribution in [0.4, 0.5) is 10.5 Å². The molecule has 39 heavy (non-hydrogen) atoms. The molecule has 4 rings (SSSR count). The highest BCUT2D eigenvalue weighted by Crippen LogP contribution is 2.38. The topological polar surface area (TPSA) is 96.4 Å². The molecule has 1 aliphatic rings. The lowest BCUT2D eigenvalue weighted by Gasteiger charge is -2.27. The van der Waals surface area contributed by atoms with Crippen molar-refractivity contribution < 1.29 is 29.1 Å². The van der Waals surface area contributed by atoms with Crippen LogP contribution < -0.4 is 4.90 Å². The molecule has 1 N–H and O–H groups in total. The van der Waals surface area contributed by atoms with Crippen molar-refractivity contribution in [3.63, 3.8) is 0 Å². The number of aromatic carboxylic acids is 1. The standard InChI is InChI=1S/C28H26Cl2N2O6S/c1-17(2)32(26(33)21-9-8-20(29)14-22(21)30)23-15-24(39-25(23)27(34)35)19-10-12-31(13-11-19)38-28(36)37-16-18-6-4-3-5-7-18/h3-10,14-15,17H,11-13,16H2,1-2H3,(H,34,35). The SMILES string of the molecule is CC(C)N(C(=O)c1ccc(Cl)cc1Cl)c1cc(C2=CCN(OC(=O)OCc3ccccc3)CC2)sc1C(=O)O. The maximum atomic E-state index is 13.5. The number of amides is 1. The first kappa shape index (κ1) is 28.6. The van der Waals surface area contributed by atoms with Crippen LogP contribution in [0, 0.1) is 0 Å². The first-order chi connectivity index (χ1) is 18.6. The molecule has 0 atom stereocenters. The van der Waals surface area contributed by atoms with Crippen LogP contribution in [0.1, 0.15) is 50.7 Å². The Kier molecular flexibility index (Phi) is 9.29. The van der Waals surface area contributed by atoms with Gasteiger partial charge in [-0.15, -0.1) is 16.4 Å². The lowest BCUT2D eigenvalue weighted by Crippen LogP contribution is -2.37. The van der Waals surface area contributed by atoms with E-state index >= 15 is 0 Å². The Hall–Kier alpha value is -3.37. The number of thiophene rings is 1. The van der Waals surface area contributed by atoms with Crippen molar-refractivity contribution in [2.75, 3.05) is 18.0 Å². The summed E-state index contributed by atoms with van der Waals surface area (Å²) in [5.41, 5.74) is 2.26. The lowest BCUT2D eigenvalue weighted by atomic mass is 10.1. The highest BCUT2D eigenvalue weighted by atomic mass is 35.5. The van der Waals surface area contributed by atoms with Crippen LogP contribution in [0.5, 0.6) is 0 Å². The van der Waals surface area contributed by atoms with Gasteiger partial charge in [0.25, 0.3) is 5.91 Å². The van der Waals surface area contributed by atoms with Gasteiger partial charge in [-0.3, -0.25) is 4.79 Å². The van der Waals surface area contributed by atoms with E-state index in [1.807, 2.05) is 36.4 Å². The van der Waals surface area contributed by atoms with Gasteiger partial charge in [0.1, 0.15) is 11.5 Å². The molecule has 0 radical (unpaired) electrons. The third-order valence-corrected chi connectivity index (χ3v) is 7.69. The molecule has 0 saturated heterocycles. The number of hydrogen-bond acceptors (Lipinski definition) is 7. The van der Waals surface area contributed by atoms with Crippen molar-refractivity contribution in [3.05, 3.63) is 91.6 Å². The predicted molar refractivity (Wildman–Crippen MR) is 152 cm³/mol. The average molecular weight is 589 g/mol. The molecule has 8 nitrogen and oxygen atoms in total. The molecule has 3 aromatic rings. The Morgan fingerprint density at radius 2 is 1.85 bits per heavy atom. The van der Waals surface area contributed by atoms with Crippen LogP contribution in [0.25, 0.3) is 5.57 Å². The van der Waals surface area contributed by atoms with Crippen molar-refractivity contribution in [2.24, 2.45) is 0 Å². The molecule has 1 amide bonds. The smallest absolute Gasteiger partial charge is 0.477 e. The fourth-order valence-electron chi connectivity index (χ4n) is 4.09. The summed E-state index contributed by atoms with van der Waals surface area (Å²) in [5.74, 6) is -1.56. The molecule has 11 heteroatoms. The monoisotopic (exact) mass is 588 g/mol. The van der Waals surface area contributed by atoms with Gasteiger partial charge in [-0.2, -0.15) is 0 Å². The van der Waals surface area contributed by atoms with Crippen molar-refractivity contribution in [1.82, 2.24) is 5.06 Å². The van der Waals surface area contributed by atoms with E-state index in [1.54, 1.807) is 26.0 Å². The Morgan fingerprint density at radius 1 is 1.10 bits per heavy atom. The molecule has 204 valence electrons. The Balaban J connectivity index is 1.49. The van der Waals surface area contributed by atoms with E-state index in [2.05, 4.69) is 0 Å². The van der Waals surface area contributed by atoms with Gasteiger partial charge in [0.2, 0.25) is 0 Å². The second-order valence-electron chi connectivity index (χ2n) is 9.01. The molecule has 1 aromatic heterocycles. The van der Waals surface area contributed by atoms with Crippen LogP contribution in [0.2, 0.25) is 10.0 Å². The van der Waals surface area contributed by atoms with Crippen molar-refractivity contribution in [3.8, 4) is 0 Å². The zero-order chi connectivity index (χ0) is 28.1. The van der Waals surface area contributed by atoms with Gasteiger partial charge in [-0.05, 0) is 55.7 Å². The summed E-state index contributed by atoms with van der Waals surface area (Å²) >= 11 is 13.4. The second kappa shape index (κ2) is 12.7. The van der Waals surface area contributed by atoms with Crippen molar-refractivity contribution >= 4 is 63.8 Å². The number of carbonyl (C=O) groups excluding carboxylic acids is 2. The van der Waals surface area contributed by atoms with E-state index < -0.39 is 18.0 Å². The molecular formula is C28H26Cl2N2O6S. The summed E-state index contributed by atoms with van der Waals surface area (Å²) in [4.78, 5) is 45.3. The normalized spacial score (nSPS) is 13.6. The van der Waals surface area contributed by atoms with Gasteiger partial charge in [0.15, 0.2) is 0 Å². The summed E-state index contributed by atoms with van der Waals surface area (Å²) in [6.07, 6.45) is 1.57. The van der Waals surface area contributed by atoms with E-state index in [9.17, 15) is 19.5 Å². The average Bonchev–Trinajstić information content (AvgIpc) is 3.33. The second-order valence-corrected chi connectivity index (χ2v) is 10.9. The van der Waals surface area contributed by atoms with Crippen LogP contribution in [0.3, 0.4) is 0 Å². The van der Waals surface area contributed by atoms with E-state index in [1.165, 1.54) is 22.1 Å². The number of halogens is 2. The summed E-state index contributed by atoms with van der Waals surface area (Å²) in [6.45, 7) is 4.41. The molecule has 0 fully saturated rings. The van der Waals surface area contributed by atoms with E-state index in [-0.39, 0.29) is 33.8 Å². The predicted octanol–water partition coefficient (Wildman–Crippen LogP) is 7.17. The Labute approximate surface area is 239 Å². The van der Waals surface area contributed by atoms with Gasteiger partial charge < -0.3 is 19.6 Å². The number of anilines is 1. The number of hydroxylamine groups is 2. The van der Waals surface area contributed by atoms with Crippen molar-refractivity contribution in [2.45, 2.75) is 32.9 Å². The largest absolute Gasteiger partial charge is 0.528 e. The number of benzene rings is 2. The molecular weight excluding hydrogens is 563 g/mol. The summed E-state index contributed by atoms with van der Waals surface area (Å²) in [6, 6.07) is 15.2. The quantitative estimate of drug-likeness (QED) is 0.279. The number of carboxylic acids is 1. The lowest BCUT2D eigenvalue weighted by molar-refractivity contribution is -0.123. The third-order valence-electron chi connectivity index (χ3n) is 5.95. The van der Waals surface area contributed by atoms with Crippen LogP contribution in [-0.2, 0) is 16.2 Å². The minimum Gasteiger partial charge on any atom is -0.477 e. The van der Waals surface area contributed by atoms with Gasteiger partial charge in [-0.25, -0.2) is 9.59 Å². The van der Waals surface area contributed by atoms with Crippen LogP contribution >= 0.6 is 34.5 Å². The molecule has 0 spiro atoms. The molecule has 1 aliphatic heterocycles. The zero-order valence-corrected chi connectivity index (χ0v) is 23.6. The van der Waals surface area contributed by atoms with Crippen LogP contribution in [-0.4, -0.2) is 47.3 Å². The molecule has 0 saturated carbocycles. The van der Waals surface area contributed by atoms with Gasteiger partial charge in [0, 0.05) is 22.5 Å². The van der Waals surface area contributed by atoms with E-state index in [0.717, 1.165) is 22.5 Å². The zero-order valence-electron chi connectivity index (χ0n) is 21.2. The van der Waals surface area contributed by atoms with E-state index in [4.69, 9.17) is 32.8 Å². The van der Waals surface area contributed by atoms with Gasteiger partial charge >= 0.3 is 12.1 Å². The number of nitrogens with zero attached hydrogens (tertiary/aromatic N) is 2. The Morgan fingerprint density at radius 3 is 2.46 bits per heavy atom. The summed E-state index contributed by atoms with van der Waals surface area (Å²) in [5, 5.41) is 12.0. The first-order valence-corrected chi connectivity index (χ1v) is 13.7. The highest BCUT2D eigenvalue weighted by Gasteiger charge is 2.30. The molecule has 2 aromatic carbocycles. The fourth-order valence-corrected chi connectivity index (χ4v) is 5.64. The summed E-state index contributed by atoms with van der Waals surface area (Å²) < 4.78 is 5.17. The number of ether oxygens (including phenoxy) is 1. The minimum absolute atomic E-state index is 0.0428. The maximum absolute atomic E-state index is 13.5. The number of carboxylic acid groups (broad SMARTS) is 1. The highest BCUT2D eigenvalue weighted by molar-refractivity contribution is 7.15. The van der Waals surface area contributed by atoms with Gasteiger partial charge in [0.05, 0.1) is 22.8 Å². The fraction of sp³-hybridized carbons (Fsp3) is 0.250. The molecule has 0 bridgehead atoms. The van der Waals surface area contributed by atoms with Crippen LogP contribution in [0.15, 0.2) is 60.7 Å². The Bertz CT molecular complexity index is 1410. The molecule has 0 unspecified atom stereocenters. The first-order valence-electron chi connectivity index (χ1n) is 12.1. The number of rotatable bonds is 8. The van der Waals surface area contributed by atoms with Gasteiger partial charge in [-0.1, -0.05) is 59.6 Å². The third kappa shape index (κ3) is 6.99. The minimum atomic E-state index is -1.13. The molecule has 0 aliphatic carbocycles. The van der Waals surface area contributed by atoms with E-state index in [0.29, 0.717) is 29.4 Å². The summed E-state index contributed by atoms with van der Waals surface area (Å²) in [7, 11) is 0. The number of carbonyl (C=O) groups is 3. The van der Waals surface area contributed by atoms with Crippen molar-refractivity contribution in [1.29, 1.82) is 0 Å². The number of hydrogen-bond donors (Lipinski definition) is 1. The maximum Gasteiger partial charge on any atom is 0.528 e. The molecule has 2 heterocycles.